The second kappa shape index (κ2) is 5.33. The second-order valence-electron chi connectivity index (χ2n) is 4.61. The summed E-state index contributed by atoms with van der Waals surface area (Å²) in [6, 6.07) is 14.2. The first-order chi connectivity index (χ1) is 9.36. The van der Waals surface area contributed by atoms with E-state index in [-0.39, 0.29) is 6.61 Å². The minimum Gasteiger partial charge on any atom is -0.454 e. The number of aliphatic hydroxyl groups excluding tert-OH is 1. The van der Waals surface area contributed by atoms with Crippen LogP contribution in [-0.2, 0) is 12.8 Å². The molecule has 0 radical (unpaired) electrons. The number of aliphatic hydroxyl groups is 1. The molecule has 0 unspecified atom stereocenters. The van der Waals surface area contributed by atoms with Crippen LogP contribution < -0.4 is 9.47 Å². The highest BCUT2D eigenvalue weighted by molar-refractivity contribution is 5.46. The molecular weight excluding hydrogens is 240 g/mol. The molecule has 0 spiro atoms. The van der Waals surface area contributed by atoms with Crippen LogP contribution >= 0.6 is 0 Å². The van der Waals surface area contributed by atoms with Crippen molar-refractivity contribution in [2.75, 3.05) is 13.4 Å². The van der Waals surface area contributed by atoms with Gasteiger partial charge >= 0.3 is 0 Å². The predicted octanol–water partition coefficient (Wildman–Crippen LogP) is 2.54. The van der Waals surface area contributed by atoms with Crippen LogP contribution in [-0.4, -0.2) is 18.5 Å². The van der Waals surface area contributed by atoms with Gasteiger partial charge in [-0.1, -0.05) is 30.3 Å². The Morgan fingerprint density at radius 2 is 1.74 bits per heavy atom. The molecule has 1 N–H and O–H groups in total. The van der Waals surface area contributed by atoms with E-state index in [1.165, 1.54) is 16.7 Å². The molecule has 0 saturated heterocycles. The van der Waals surface area contributed by atoms with Crippen molar-refractivity contribution in [3.05, 3.63) is 59.2 Å². The highest BCUT2D eigenvalue weighted by Crippen LogP contribution is 2.33. The Morgan fingerprint density at radius 1 is 0.947 bits per heavy atom. The number of hydrogen-bond acceptors (Lipinski definition) is 3. The fourth-order valence-corrected chi connectivity index (χ4v) is 2.37. The SMILES string of the molecule is OCCc1ccccc1Cc1ccc2c(c1)OCO2. The van der Waals surface area contributed by atoms with Crippen LogP contribution in [0.15, 0.2) is 42.5 Å². The summed E-state index contributed by atoms with van der Waals surface area (Å²) in [6.07, 6.45) is 1.54. The molecule has 0 bridgehead atoms. The lowest BCUT2D eigenvalue weighted by Gasteiger charge is -2.09. The van der Waals surface area contributed by atoms with Crippen LogP contribution in [0.25, 0.3) is 0 Å². The Morgan fingerprint density at radius 3 is 2.58 bits per heavy atom. The van der Waals surface area contributed by atoms with E-state index in [0.717, 1.165) is 17.9 Å². The maximum atomic E-state index is 9.10. The van der Waals surface area contributed by atoms with Gasteiger partial charge in [-0.25, -0.2) is 0 Å². The Hall–Kier alpha value is -2.00. The van der Waals surface area contributed by atoms with E-state index in [9.17, 15) is 0 Å². The molecule has 3 nitrogen and oxygen atoms in total. The van der Waals surface area contributed by atoms with E-state index in [2.05, 4.69) is 18.2 Å². The van der Waals surface area contributed by atoms with Crippen molar-refractivity contribution in [3.63, 3.8) is 0 Å². The van der Waals surface area contributed by atoms with Gasteiger partial charge in [0, 0.05) is 6.61 Å². The molecule has 0 aromatic heterocycles. The molecule has 1 aliphatic rings. The number of hydrogen-bond donors (Lipinski definition) is 1. The predicted molar refractivity (Wildman–Crippen MR) is 72.6 cm³/mol. The Bertz CT molecular complexity index is 578. The zero-order valence-corrected chi connectivity index (χ0v) is 10.6. The molecule has 0 fully saturated rings. The van der Waals surface area contributed by atoms with Gasteiger partial charge < -0.3 is 14.6 Å². The lowest BCUT2D eigenvalue weighted by Crippen LogP contribution is -1.98. The Labute approximate surface area is 112 Å². The van der Waals surface area contributed by atoms with Crippen molar-refractivity contribution < 1.29 is 14.6 Å². The monoisotopic (exact) mass is 256 g/mol. The largest absolute Gasteiger partial charge is 0.454 e. The van der Waals surface area contributed by atoms with E-state index in [1.54, 1.807) is 0 Å². The van der Waals surface area contributed by atoms with Gasteiger partial charge in [0.15, 0.2) is 11.5 Å². The van der Waals surface area contributed by atoms with Crippen molar-refractivity contribution in [3.8, 4) is 11.5 Å². The molecule has 3 heteroatoms. The van der Waals surface area contributed by atoms with Crippen LogP contribution in [0.3, 0.4) is 0 Å². The zero-order chi connectivity index (χ0) is 13.1. The summed E-state index contributed by atoms with van der Waals surface area (Å²) in [5.74, 6) is 1.63. The third-order valence-electron chi connectivity index (χ3n) is 3.33. The molecule has 3 rings (SSSR count). The third-order valence-corrected chi connectivity index (χ3v) is 3.33. The van der Waals surface area contributed by atoms with E-state index in [1.807, 2.05) is 24.3 Å². The quantitative estimate of drug-likeness (QED) is 0.913. The average Bonchev–Trinajstić information content (AvgIpc) is 2.89. The van der Waals surface area contributed by atoms with Gasteiger partial charge in [0.25, 0.3) is 0 Å². The molecule has 1 aliphatic heterocycles. The molecule has 0 aliphatic carbocycles. The van der Waals surface area contributed by atoms with E-state index < -0.39 is 0 Å². The zero-order valence-electron chi connectivity index (χ0n) is 10.6. The highest BCUT2D eigenvalue weighted by atomic mass is 16.7. The van der Waals surface area contributed by atoms with Crippen molar-refractivity contribution in [1.29, 1.82) is 0 Å². The standard InChI is InChI=1S/C16H16O3/c17-8-7-13-3-1-2-4-14(13)9-12-5-6-15-16(10-12)19-11-18-15/h1-6,10,17H,7-9,11H2. The lowest BCUT2D eigenvalue weighted by molar-refractivity contribution is 0.174. The summed E-state index contributed by atoms with van der Waals surface area (Å²) < 4.78 is 10.7. The molecule has 98 valence electrons. The van der Waals surface area contributed by atoms with Gasteiger partial charge in [-0.2, -0.15) is 0 Å². The van der Waals surface area contributed by atoms with Crippen molar-refractivity contribution >= 4 is 0 Å². The summed E-state index contributed by atoms with van der Waals surface area (Å²) in [7, 11) is 0. The molecule has 0 atom stereocenters. The van der Waals surface area contributed by atoms with Gasteiger partial charge in [0.1, 0.15) is 0 Å². The minimum atomic E-state index is 0.179. The highest BCUT2D eigenvalue weighted by Gasteiger charge is 2.13. The van der Waals surface area contributed by atoms with Gasteiger partial charge in [-0.05, 0) is 41.7 Å². The fraction of sp³-hybridized carbons (Fsp3) is 0.250. The average molecular weight is 256 g/mol. The molecule has 0 amide bonds. The topological polar surface area (TPSA) is 38.7 Å². The number of fused-ring (bicyclic) bond motifs is 1. The maximum absolute atomic E-state index is 9.10. The molecular formula is C16H16O3. The molecule has 1 heterocycles. The third kappa shape index (κ3) is 2.56. The summed E-state index contributed by atoms with van der Waals surface area (Å²) in [5.41, 5.74) is 3.63. The van der Waals surface area contributed by atoms with Crippen molar-refractivity contribution in [2.24, 2.45) is 0 Å². The molecule has 2 aromatic carbocycles. The minimum absolute atomic E-state index is 0.179. The van der Waals surface area contributed by atoms with Crippen molar-refractivity contribution in [1.82, 2.24) is 0 Å². The van der Waals surface area contributed by atoms with E-state index in [4.69, 9.17) is 14.6 Å². The fourth-order valence-electron chi connectivity index (χ4n) is 2.37. The second-order valence-corrected chi connectivity index (χ2v) is 4.61. The van der Waals surface area contributed by atoms with Crippen LogP contribution in [0.2, 0.25) is 0 Å². The number of rotatable bonds is 4. The lowest BCUT2D eigenvalue weighted by atomic mass is 9.98. The van der Waals surface area contributed by atoms with Crippen LogP contribution in [0.4, 0.5) is 0 Å². The number of benzene rings is 2. The van der Waals surface area contributed by atoms with Gasteiger partial charge in [0.2, 0.25) is 6.79 Å². The van der Waals surface area contributed by atoms with Crippen LogP contribution in [0, 0.1) is 0 Å². The van der Waals surface area contributed by atoms with Crippen LogP contribution in [0.1, 0.15) is 16.7 Å². The summed E-state index contributed by atoms with van der Waals surface area (Å²) in [5, 5.41) is 9.10. The van der Waals surface area contributed by atoms with Crippen molar-refractivity contribution in [2.45, 2.75) is 12.8 Å². The maximum Gasteiger partial charge on any atom is 0.231 e. The summed E-state index contributed by atoms with van der Waals surface area (Å²) in [4.78, 5) is 0. The van der Waals surface area contributed by atoms with E-state index in [0.29, 0.717) is 13.2 Å². The van der Waals surface area contributed by atoms with Gasteiger partial charge in [-0.15, -0.1) is 0 Å². The summed E-state index contributed by atoms with van der Waals surface area (Å²) >= 11 is 0. The smallest absolute Gasteiger partial charge is 0.231 e. The molecule has 19 heavy (non-hydrogen) atoms. The first kappa shape index (κ1) is 12.1. The Balaban J connectivity index is 1.85. The number of ether oxygens (including phenoxy) is 2. The molecule has 2 aromatic rings. The first-order valence-electron chi connectivity index (χ1n) is 6.43. The normalized spacial score (nSPS) is 12.7. The summed E-state index contributed by atoms with van der Waals surface area (Å²) in [6.45, 7) is 0.484. The van der Waals surface area contributed by atoms with Crippen LogP contribution in [0.5, 0.6) is 11.5 Å². The van der Waals surface area contributed by atoms with Gasteiger partial charge in [0.05, 0.1) is 0 Å². The van der Waals surface area contributed by atoms with Gasteiger partial charge in [-0.3, -0.25) is 0 Å². The Kier molecular flexibility index (Phi) is 3.38. The first-order valence-corrected chi connectivity index (χ1v) is 6.43. The molecule has 0 saturated carbocycles. The van der Waals surface area contributed by atoms with E-state index >= 15 is 0 Å².